The molecule has 0 saturated carbocycles. The Labute approximate surface area is 96.7 Å². The molecule has 0 saturated heterocycles. The molecule has 0 spiro atoms. The van der Waals surface area contributed by atoms with Crippen LogP contribution in [0.5, 0.6) is 0 Å². The summed E-state index contributed by atoms with van der Waals surface area (Å²) in [5, 5.41) is 0. The Morgan fingerprint density at radius 1 is 0.938 bits per heavy atom. The van der Waals surface area contributed by atoms with Gasteiger partial charge in [0.1, 0.15) is 5.75 Å². The van der Waals surface area contributed by atoms with Gasteiger partial charge in [-0.3, -0.25) is 0 Å². The Kier molecular flexibility index (Phi) is 7.09. The summed E-state index contributed by atoms with van der Waals surface area (Å²) in [6.45, 7) is 2.07. The molecule has 0 nitrogen and oxygen atoms in total. The number of allylic oxidation sites excluding steroid dienone is 2. The van der Waals surface area contributed by atoms with Crippen molar-refractivity contribution in [2.75, 3.05) is 5.75 Å². The zero-order chi connectivity index (χ0) is 13.4. The number of halogens is 6. The van der Waals surface area contributed by atoms with Gasteiger partial charge in [-0.25, -0.2) is 0 Å². The third kappa shape index (κ3) is 65.0. The van der Waals surface area contributed by atoms with Crippen LogP contribution in [-0.4, -0.2) is 5.75 Å². The van der Waals surface area contributed by atoms with Crippen molar-refractivity contribution in [3.05, 3.63) is 12.2 Å². The number of hydrogen-bond donors (Lipinski definition) is 0. The summed E-state index contributed by atoms with van der Waals surface area (Å²) in [5.41, 5.74) is 0. The SMILES string of the molecule is C/C=C/CCCCC[SH2+].F[P-](F)(F)(F)(F)F. The van der Waals surface area contributed by atoms with Gasteiger partial charge >= 0.3 is 33.0 Å². The number of unbranched alkanes of at least 4 members (excludes halogenated alkanes) is 3. The normalized spacial score (nSPS) is 16.2. The van der Waals surface area contributed by atoms with Crippen LogP contribution in [0.25, 0.3) is 0 Å². The van der Waals surface area contributed by atoms with Gasteiger partial charge in [0.2, 0.25) is 0 Å². The molecule has 0 fully saturated rings. The zero-order valence-electron chi connectivity index (χ0n) is 8.91. The first kappa shape index (κ1) is 18.5. The monoisotopic (exact) mass is 290 g/mol. The van der Waals surface area contributed by atoms with E-state index in [9.17, 15) is 25.2 Å². The van der Waals surface area contributed by atoms with Crippen LogP contribution in [0, 0.1) is 0 Å². The fourth-order valence-corrected chi connectivity index (χ4v) is 0.981. The fraction of sp³-hybridized carbons (Fsp3) is 0.750. The van der Waals surface area contributed by atoms with E-state index in [1.807, 2.05) is 0 Å². The van der Waals surface area contributed by atoms with Gasteiger partial charge < -0.3 is 0 Å². The molecular formula is C8H17F6PS. The summed E-state index contributed by atoms with van der Waals surface area (Å²) < 4.78 is 59.2. The Bertz CT molecular complexity index is 194. The average Bonchev–Trinajstić information content (AvgIpc) is 1.98. The molecule has 0 unspecified atom stereocenters. The third-order valence-corrected chi connectivity index (χ3v) is 1.64. The predicted octanol–water partition coefficient (Wildman–Crippen LogP) is 5.52. The molecule has 0 bridgehead atoms. The van der Waals surface area contributed by atoms with Crippen LogP contribution >= 0.6 is 7.81 Å². The van der Waals surface area contributed by atoms with Crippen LogP contribution in [-0.2, 0) is 12.6 Å². The van der Waals surface area contributed by atoms with Crippen molar-refractivity contribution in [2.24, 2.45) is 0 Å². The van der Waals surface area contributed by atoms with Gasteiger partial charge in [-0.2, -0.15) is 0 Å². The van der Waals surface area contributed by atoms with Gasteiger partial charge in [-0.05, 0) is 45.2 Å². The summed E-state index contributed by atoms with van der Waals surface area (Å²) in [6, 6.07) is 0. The summed E-state index contributed by atoms with van der Waals surface area (Å²) in [6.07, 6.45) is 9.61. The van der Waals surface area contributed by atoms with E-state index in [1.165, 1.54) is 25.7 Å². The summed E-state index contributed by atoms with van der Waals surface area (Å²) in [4.78, 5) is 0. The molecule has 0 aromatic rings. The number of hydrogen-bond acceptors (Lipinski definition) is 0. The van der Waals surface area contributed by atoms with Gasteiger partial charge in [0.15, 0.2) is 0 Å². The standard InChI is InChI=1S/C8H16S.F6P/c1-2-3-4-5-6-7-8-9;1-7(2,3,4,5)6/h2-3,9H,4-8H2,1H3;/q;-1/p+1/b3-2+;. The molecule has 0 heterocycles. The predicted molar refractivity (Wildman–Crippen MR) is 61.9 cm³/mol. The van der Waals surface area contributed by atoms with Crippen LogP contribution < -0.4 is 0 Å². The molecule has 0 aliphatic carbocycles. The van der Waals surface area contributed by atoms with Crippen molar-refractivity contribution >= 4 is 20.4 Å². The van der Waals surface area contributed by atoms with Crippen molar-refractivity contribution in [1.29, 1.82) is 0 Å². The molecule has 0 atom stereocenters. The Balaban J connectivity index is 0. The van der Waals surface area contributed by atoms with E-state index in [-0.39, 0.29) is 0 Å². The molecule has 16 heavy (non-hydrogen) atoms. The second-order valence-corrected chi connectivity index (χ2v) is 5.54. The second kappa shape index (κ2) is 6.15. The van der Waals surface area contributed by atoms with E-state index in [0.29, 0.717) is 0 Å². The summed E-state index contributed by atoms with van der Waals surface area (Å²) in [7, 11) is -10.7. The van der Waals surface area contributed by atoms with E-state index in [2.05, 4.69) is 31.7 Å². The van der Waals surface area contributed by atoms with Crippen molar-refractivity contribution in [3.63, 3.8) is 0 Å². The molecule has 0 aliphatic heterocycles. The van der Waals surface area contributed by atoms with Crippen LogP contribution in [0.3, 0.4) is 0 Å². The molecular weight excluding hydrogens is 273 g/mol. The quantitative estimate of drug-likeness (QED) is 0.206. The number of rotatable bonds is 5. The third-order valence-electron chi connectivity index (χ3n) is 1.28. The van der Waals surface area contributed by atoms with Crippen molar-refractivity contribution in [2.45, 2.75) is 32.6 Å². The van der Waals surface area contributed by atoms with Crippen LogP contribution in [0.4, 0.5) is 25.2 Å². The minimum absolute atomic E-state index is 1.15. The topological polar surface area (TPSA) is 0 Å². The molecule has 0 aliphatic rings. The van der Waals surface area contributed by atoms with E-state index in [1.54, 1.807) is 0 Å². The van der Waals surface area contributed by atoms with Gasteiger partial charge in [-0.15, -0.1) is 0 Å². The average molecular weight is 290 g/mol. The van der Waals surface area contributed by atoms with E-state index in [4.69, 9.17) is 0 Å². The van der Waals surface area contributed by atoms with Crippen LogP contribution in [0.15, 0.2) is 12.2 Å². The maximum atomic E-state index is 9.87. The van der Waals surface area contributed by atoms with Crippen molar-refractivity contribution in [1.82, 2.24) is 0 Å². The fourth-order valence-electron chi connectivity index (χ4n) is 0.731. The Hall–Kier alpha value is 0.1000. The first-order chi connectivity index (χ1) is 6.86. The van der Waals surface area contributed by atoms with Gasteiger partial charge in [0.25, 0.3) is 0 Å². The molecule has 8 heteroatoms. The van der Waals surface area contributed by atoms with E-state index in [0.717, 1.165) is 5.75 Å². The van der Waals surface area contributed by atoms with Crippen molar-refractivity contribution < 1.29 is 25.2 Å². The van der Waals surface area contributed by atoms with Gasteiger partial charge in [0, 0.05) is 0 Å². The molecule has 102 valence electrons. The molecule has 0 radical (unpaired) electrons. The van der Waals surface area contributed by atoms with E-state index < -0.39 is 7.81 Å². The van der Waals surface area contributed by atoms with Gasteiger partial charge in [0.05, 0.1) is 0 Å². The Morgan fingerprint density at radius 3 is 1.69 bits per heavy atom. The maximum absolute atomic E-state index is 10.7. The second-order valence-electron chi connectivity index (χ2n) is 3.13. The zero-order valence-corrected chi connectivity index (χ0v) is 10.8. The molecule has 0 N–H and O–H groups in total. The Morgan fingerprint density at radius 2 is 1.38 bits per heavy atom. The van der Waals surface area contributed by atoms with E-state index >= 15 is 0 Å². The first-order valence-electron chi connectivity index (χ1n) is 4.69. The summed E-state index contributed by atoms with van der Waals surface area (Å²) >= 11 is 3.44. The minimum atomic E-state index is -10.7. The molecule has 0 rings (SSSR count). The summed E-state index contributed by atoms with van der Waals surface area (Å²) in [5.74, 6) is 1.15. The molecule has 0 amide bonds. The van der Waals surface area contributed by atoms with Crippen molar-refractivity contribution in [3.8, 4) is 0 Å². The first-order valence-corrected chi connectivity index (χ1v) is 7.42. The van der Waals surface area contributed by atoms with Gasteiger partial charge in [-0.1, -0.05) is 12.2 Å². The molecule has 0 aromatic carbocycles. The van der Waals surface area contributed by atoms with Crippen LogP contribution in [0.1, 0.15) is 32.6 Å². The molecule has 0 aromatic heterocycles. The van der Waals surface area contributed by atoms with Crippen LogP contribution in [0.2, 0.25) is 0 Å².